The molecule has 2 aliphatic rings. The van der Waals surface area contributed by atoms with Crippen molar-refractivity contribution in [2.75, 3.05) is 26.2 Å². The number of aromatic amines is 1. The van der Waals surface area contributed by atoms with Crippen LogP contribution in [0.2, 0.25) is 0 Å². The van der Waals surface area contributed by atoms with E-state index in [0.717, 1.165) is 36.1 Å². The number of H-pyrrole nitrogens is 1. The van der Waals surface area contributed by atoms with Crippen molar-refractivity contribution in [1.82, 2.24) is 14.8 Å². The molecule has 1 fully saturated rings. The first-order valence-electron chi connectivity index (χ1n) is 12.8. The van der Waals surface area contributed by atoms with Crippen molar-refractivity contribution in [1.29, 1.82) is 0 Å². The summed E-state index contributed by atoms with van der Waals surface area (Å²) in [5, 5.41) is 0. The lowest BCUT2D eigenvalue weighted by Gasteiger charge is -2.36. The van der Waals surface area contributed by atoms with Crippen molar-refractivity contribution in [2.24, 2.45) is 11.3 Å². The molecule has 2 aliphatic heterocycles. The van der Waals surface area contributed by atoms with Gasteiger partial charge in [-0.2, -0.15) is 0 Å². The van der Waals surface area contributed by atoms with Crippen molar-refractivity contribution >= 4 is 17.2 Å². The van der Waals surface area contributed by atoms with Crippen LogP contribution in [0.5, 0.6) is 0 Å². The van der Waals surface area contributed by atoms with E-state index in [1.165, 1.54) is 47.8 Å². The number of thiophene rings is 1. The Bertz CT molecular complexity index is 1100. The Morgan fingerprint density at radius 2 is 1.79 bits per heavy atom. The number of carbonyl (C=O) groups is 1. The molecule has 4 heterocycles. The summed E-state index contributed by atoms with van der Waals surface area (Å²) < 4.78 is 0. The van der Waals surface area contributed by atoms with Crippen LogP contribution in [0.4, 0.5) is 0 Å². The zero-order valence-electron chi connectivity index (χ0n) is 21.8. The highest BCUT2D eigenvalue weighted by atomic mass is 32.1. The molecule has 1 saturated heterocycles. The highest BCUT2D eigenvalue weighted by Crippen LogP contribution is 2.36. The normalized spacial score (nSPS) is 18.3. The third-order valence-electron chi connectivity index (χ3n) is 7.37. The summed E-state index contributed by atoms with van der Waals surface area (Å²) >= 11 is 1.87. The van der Waals surface area contributed by atoms with Gasteiger partial charge in [-0.05, 0) is 94.5 Å². The Balaban J connectivity index is 1.47. The number of rotatable bonds is 5. The lowest BCUT2D eigenvalue weighted by molar-refractivity contribution is 0.0747. The first-order valence-corrected chi connectivity index (χ1v) is 13.7. The van der Waals surface area contributed by atoms with Crippen LogP contribution in [-0.4, -0.2) is 46.9 Å². The second-order valence-electron chi connectivity index (χ2n) is 11.7. The minimum atomic E-state index is -0.0738. The second kappa shape index (κ2) is 9.98. The summed E-state index contributed by atoms with van der Waals surface area (Å²) in [6.07, 6.45) is 5.49. The molecule has 186 valence electrons. The summed E-state index contributed by atoms with van der Waals surface area (Å²) in [6.45, 7) is 17.6. The number of likely N-dealkylation sites (tertiary alicyclic amines) is 1. The minimum Gasteiger partial charge on any atom is -0.334 e. The SMILES string of the molecule is Cc1cc(C)c(CN2CCCc3sc(CC4CCN(CC(C)(C)C)CC4)c(C)c3C2=O)c(=O)[nH]1. The maximum Gasteiger partial charge on any atom is 0.255 e. The fraction of sp³-hybridized carbons (Fsp3) is 0.643. The van der Waals surface area contributed by atoms with Gasteiger partial charge in [-0.15, -0.1) is 11.3 Å². The van der Waals surface area contributed by atoms with E-state index in [0.29, 0.717) is 30.0 Å². The number of fused-ring (bicyclic) bond motifs is 1. The van der Waals surface area contributed by atoms with Crippen LogP contribution >= 0.6 is 11.3 Å². The molecule has 0 aromatic carbocycles. The molecule has 5 nitrogen and oxygen atoms in total. The number of aromatic nitrogens is 1. The molecule has 0 saturated carbocycles. The lowest BCUT2D eigenvalue weighted by atomic mass is 9.89. The number of nitrogens with zero attached hydrogens (tertiary/aromatic N) is 2. The van der Waals surface area contributed by atoms with Gasteiger partial charge in [-0.3, -0.25) is 9.59 Å². The van der Waals surface area contributed by atoms with E-state index in [1.54, 1.807) is 0 Å². The summed E-state index contributed by atoms with van der Waals surface area (Å²) in [5.41, 5.74) is 4.90. The molecule has 0 atom stereocenters. The van der Waals surface area contributed by atoms with Crippen LogP contribution in [0.3, 0.4) is 0 Å². The lowest BCUT2D eigenvalue weighted by Crippen LogP contribution is -2.39. The van der Waals surface area contributed by atoms with Gasteiger partial charge < -0.3 is 14.8 Å². The predicted octanol–water partition coefficient (Wildman–Crippen LogP) is 5.25. The number of carbonyl (C=O) groups excluding carboxylic acids is 1. The molecule has 4 rings (SSSR count). The first-order chi connectivity index (χ1) is 16.0. The third-order valence-corrected chi connectivity index (χ3v) is 8.75. The van der Waals surface area contributed by atoms with E-state index in [2.05, 4.69) is 37.6 Å². The van der Waals surface area contributed by atoms with Gasteiger partial charge in [0.2, 0.25) is 0 Å². The van der Waals surface area contributed by atoms with Gasteiger partial charge in [0.15, 0.2) is 0 Å². The van der Waals surface area contributed by atoms with Gasteiger partial charge in [0.1, 0.15) is 0 Å². The standard InChI is InChI=1S/C28H41N3O2S/c1-18-14-19(2)29-26(32)22(18)16-31-11-7-8-23-25(27(31)33)20(3)24(34-23)15-21-9-12-30(13-10-21)17-28(4,5)6/h14,21H,7-13,15-17H2,1-6H3,(H,29,32). The Morgan fingerprint density at radius 3 is 2.44 bits per heavy atom. The first kappa shape index (κ1) is 25.2. The minimum absolute atomic E-state index is 0.0738. The molecular formula is C28H41N3O2S. The zero-order chi connectivity index (χ0) is 24.6. The third kappa shape index (κ3) is 5.65. The fourth-order valence-electron chi connectivity index (χ4n) is 5.67. The number of hydrogen-bond acceptors (Lipinski definition) is 4. The fourth-order valence-corrected chi connectivity index (χ4v) is 7.13. The molecule has 0 radical (unpaired) electrons. The van der Waals surface area contributed by atoms with Crippen LogP contribution in [0.25, 0.3) is 0 Å². The van der Waals surface area contributed by atoms with Crippen LogP contribution < -0.4 is 5.56 Å². The Morgan fingerprint density at radius 1 is 1.09 bits per heavy atom. The molecule has 6 heteroatoms. The van der Waals surface area contributed by atoms with E-state index in [-0.39, 0.29) is 11.5 Å². The van der Waals surface area contributed by atoms with E-state index in [1.807, 2.05) is 36.2 Å². The quantitative estimate of drug-likeness (QED) is 0.632. The van der Waals surface area contributed by atoms with Crippen LogP contribution in [0.15, 0.2) is 10.9 Å². The molecular weight excluding hydrogens is 442 g/mol. The van der Waals surface area contributed by atoms with Crippen molar-refractivity contribution in [3.63, 3.8) is 0 Å². The van der Waals surface area contributed by atoms with E-state index >= 15 is 0 Å². The molecule has 34 heavy (non-hydrogen) atoms. The molecule has 0 aliphatic carbocycles. The van der Waals surface area contributed by atoms with Crippen molar-refractivity contribution in [3.05, 3.63) is 54.1 Å². The molecule has 2 aromatic rings. The second-order valence-corrected chi connectivity index (χ2v) is 12.9. The smallest absolute Gasteiger partial charge is 0.255 e. The topological polar surface area (TPSA) is 56.4 Å². The number of amides is 1. The van der Waals surface area contributed by atoms with E-state index < -0.39 is 0 Å². The van der Waals surface area contributed by atoms with Gasteiger partial charge >= 0.3 is 0 Å². The summed E-state index contributed by atoms with van der Waals surface area (Å²) in [5.74, 6) is 0.809. The number of aryl methyl sites for hydroxylation is 3. The summed E-state index contributed by atoms with van der Waals surface area (Å²) in [7, 11) is 0. The maximum atomic E-state index is 13.6. The van der Waals surface area contributed by atoms with E-state index in [9.17, 15) is 9.59 Å². The summed E-state index contributed by atoms with van der Waals surface area (Å²) in [6, 6.07) is 1.99. The number of hydrogen-bond donors (Lipinski definition) is 1. The highest BCUT2D eigenvalue weighted by Gasteiger charge is 2.30. The largest absolute Gasteiger partial charge is 0.334 e. The van der Waals surface area contributed by atoms with Crippen molar-refractivity contribution < 1.29 is 4.79 Å². The maximum absolute atomic E-state index is 13.6. The Labute approximate surface area is 208 Å². The molecule has 0 spiro atoms. The Kier molecular flexibility index (Phi) is 7.39. The molecule has 0 bridgehead atoms. The number of pyridine rings is 1. The molecule has 1 amide bonds. The van der Waals surface area contributed by atoms with Gasteiger partial charge in [0.25, 0.3) is 11.5 Å². The van der Waals surface area contributed by atoms with E-state index in [4.69, 9.17) is 0 Å². The van der Waals surface area contributed by atoms with Crippen molar-refractivity contribution in [3.8, 4) is 0 Å². The average Bonchev–Trinajstić information content (AvgIpc) is 2.94. The van der Waals surface area contributed by atoms with Gasteiger partial charge in [-0.1, -0.05) is 20.8 Å². The van der Waals surface area contributed by atoms with Gasteiger partial charge in [0.05, 0.1) is 12.1 Å². The monoisotopic (exact) mass is 483 g/mol. The van der Waals surface area contributed by atoms with Crippen LogP contribution in [0.1, 0.15) is 82.5 Å². The summed E-state index contributed by atoms with van der Waals surface area (Å²) in [4.78, 5) is 36.3. The molecule has 2 aromatic heterocycles. The van der Waals surface area contributed by atoms with Crippen LogP contribution in [-0.2, 0) is 19.4 Å². The number of piperidine rings is 1. The Hall–Kier alpha value is -1.92. The van der Waals surface area contributed by atoms with Crippen LogP contribution in [0, 0.1) is 32.1 Å². The number of nitrogens with one attached hydrogen (secondary N) is 1. The zero-order valence-corrected chi connectivity index (χ0v) is 22.7. The van der Waals surface area contributed by atoms with Gasteiger partial charge in [-0.25, -0.2) is 0 Å². The highest BCUT2D eigenvalue weighted by molar-refractivity contribution is 7.12. The molecule has 1 N–H and O–H groups in total. The predicted molar refractivity (Wildman–Crippen MR) is 141 cm³/mol. The molecule has 0 unspecified atom stereocenters. The average molecular weight is 484 g/mol. The van der Waals surface area contributed by atoms with Crippen molar-refractivity contribution in [2.45, 2.75) is 80.2 Å². The van der Waals surface area contributed by atoms with Gasteiger partial charge in [0, 0.05) is 34.1 Å².